The zero-order valence-electron chi connectivity index (χ0n) is 13.1. The van der Waals surface area contributed by atoms with Gasteiger partial charge in [0.05, 0.1) is 6.33 Å². The molecule has 0 unspecified atom stereocenters. The first-order chi connectivity index (χ1) is 10.6. The molecule has 2 aromatic rings. The number of amides is 1. The first-order valence-corrected chi connectivity index (χ1v) is 7.82. The number of carbonyl (C=O) groups excluding carboxylic acids is 1. The van der Waals surface area contributed by atoms with Crippen LogP contribution < -0.4 is 4.90 Å². The normalized spacial score (nSPS) is 15.8. The summed E-state index contributed by atoms with van der Waals surface area (Å²) in [6, 6.07) is 0. The largest absolute Gasteiger partial charge is 0.351 e. The van der Waals surface area contributed by atoms with Crippen LogP contribution in [0.5, 0.6) is 0 Å². The molecule has 0 saturated carbocycles. The lowest BCUT2D eigenvalue weighted by molar-refractivity contribution is -0.131. The van der Waals surface area contributed by atoms with Crippen molar-refractivity contribution in [3.63, 3.8) is 0 Å². The minimum atomic E-state index is 0.266. The van der Waals surface area contributed by atoms with Crippen LogP contribution in [0, 0.1) is 5.92 Å². The Labute approximate surface area is 129 Å². The average molecular weight is 302 g/mol. The summed E-state index contributed by atoms with van der Waals surface area (Å²) < 4.78 is 0. The van der Waals surface area contributed by atoms with Crippen LogP contribution in [0.1, 0.15) is 26.7 Å². The maximum atomic E-state index is 12.2. The number of nitrogens with zero attached hydrogens (tertiary/aromatic N) is 5. The van der Waals surface area contributed by atoms with E-state index >= 15 is 0 Å². The Morgan fingerprint density at radius 2 is 2.00 bits per heavy atom. The number of carbonyl (C=O) groups is 1. The molecule has 1 aliphatic rings. The summed E-state index contributed by atoms with van der Waals surface area (Å²) >= 11 is 0. The van der Waals surface area contributed by atoms with Crippen LogP contribution in [0.15, 0.2) is 12.7 Å². The van der Waals surface area contributed by atoms with E-state index < -0.39 is 0 Å². The van der Waals surface area contributed by atoms with Gasteiger partial charge in [0, 0.05) is 32.6 Å². The molecule has 0 aromatic carbocycles. The molecule has 7 heteroatoms. The van der Waals surface area contributed by atoms with Crippen LogP contribution in [0.25, 0.3) is 11.2 Å². The van der Waals surface area contributed by atoms with E-state index in [4.69, 9.17) is 0 Å². The summed E-state index contributed by atoms with van der Waals surface area (Å²) in [5.74, 6) is 1.71. The molecule has 1 amide bonds. The van der Waals surface area contributed by atoms with Crippen molar-refractivity contribution in [3.8, 4) is 0 Å². The summed E-state index contributed by atoms with van der Waals surface area (Å²) in [5.41, 5.74) is 1.54. The highest BCUT2D eigenvalue weighted by atomic mass is 16.2. The first-order valence-electron chi connectivity index (χ1n) is 7.82. The minimum Gasteiger partial charge on any atom is -0.351 e. The van der Waals surface area contributed by atoms with Crippen molar-refractivity contribution >= 4 is 22.9 Å². The highest BCUT2D eigenvalue weighted by Gasteiger charge is 2.23. The van der Waals surface area contributed by atoms with E-state index in [1.54, 1.807) is 12.7 Å². The van der Waals surface area contributed by atoms with Crippen LogP contribution in [0.4, 0.5) is 5.82 Å². The van der Waals surface area contributed by atoms with E-state index in [0.717, 1.165) is 43.9 Å². The predicted molar refractivity (Wildman–Crippen MR) is 84.5 cm³/mol. The Hall–Kier alpha value is -2.18. The predicted octanol–water partition coefficient (Wildman–Crippen LogP) is 1.44. The lowest BCUT2D eigenvalue weighted by Gasteiger charge is -2.35. The van der Waals surface area contributed by atoms with Gasteiger partial charge in [0.1, 0.15) is 11.8 Å². The lowest BCUT2D eigenvalue weighted by Crippen LogP contribution is -2.49. The third-order valence-electron chi connectivity index (χ3n) is 4.07. The molecule has 3 heterocycles. The van der Waals surface area contributed by atoms with E-state index in [2.05, 4.69) is 38.7 Å². The van der Waals surface area contributed by atoms with Gasteiger partial charge >= 0.3 is 0 Å². The zero-order chi connectivity index (χ0) is 15.5. The molecule has 0 atom stereocenters. The molecule has 7 nitrogen and oxygen atoms in total. The summed E-state index contributed by atoms with van der Waals surface area (Å²) in [4.78, 5) is 32.1. The Morgan fingerprint density at radius 1 is 1.23 bits per heavy atom. The highest BCUT2D eigenvalue weighted by molar-refractivity contribution is 5.83. The minimum absolute atomic E-state index is 0.266. The van der Waals surface area contributed by atoms with Gasteiger partial charge in [-0.25, -0.2) is 15.0 Å². The van der Waals surface area contributed by atoms with Gasteiger partial charge in [-0.15, -0.1) is 0 Å². The fourth-order valence-corrected chi connectivity index (χ4v) is 2.73. The molecule has 0 spiro atoms. The third kappa shape index (κ3) is 3.03. The van der Waals surface area contributed by atoms with Crippen molar-refractivity contribution in [2.45, 2.75) is 26.7 Å². The second-order valence-corrected chi connectivity index (χ2v) is 6.10. The van der Waals surface area contributed by atoms with E-state index in [1.807, 2.05) is 4.90 Å². The Balaban J connectivity index is 1.62. The standard InChI is InChI=1S/C15H22N6O/c1-11(2)3-4-12(22)20-5-7-21(8-6-20)15-13-14(17-9-16-13)18-10-19-15/h9-11H,3-8H2,1-2H3,(H,16,17,18,19). The molecule has 3 rings (SSSR count). The number of nitrogens with one attached hydrogen (secondary N) is 1. The van der Waals surface area contributed by atoms with Crippen molar-refractivity contribution < 1.29 is 4.79 Å². The number of imidazole rings is 1. The highest BCUT2D eigenvalue weighted by Crippen LogP contribution is 2.21. The number of piperazine rings is 1. The number of aromatic amines is 1. The van der Waals surface area contributed by atoms with Crippen LogP contribution >= 0.6 is 0 Å². The molecule has 1 saturated heterocycles. The van der Waals surface area contributed by atoms with E-state index in [1.165, 1.54) is 0 Å². The summed E-state index contributed by atoms with van der Waals surface area (Å²) in [7, 11) is 0. The number of rotatable bonds is 4. The van der Waals surface area contributed by atoms with Crippen LogP contribution in [0.2, 0.25) is 0 Å². The average Bonchev–Trinajstić information content (AvgIpc) is 3.01. The maximum absolute atomic E-state index is 12.2. The van der Waals surface area contributed by atoms with Gasteiger partial charge < -0.3 is 14.8 Å². The van der Waals surface area contributed by atoms with Gasteiger partial charge in [0.2, 0.25) is 5.91 Å². The molecule has 1 aliphatic heterocycles. The van der Waals surface area contributed by atoms with Crippen molar-refractivity contribution in [1.82, 2.24) is 24.8 Å². The fraction of sp³-hybridized carbons (Fsp3) is 0.600. The second-order valence-electron chi connectivity index (χ2n) is 6.10. The molecule has 118 valence electrons. The van der Waals surface area contributed by atoms with Crippen molar-refractivity contribution in [2.75, 3.05) is 31.1 Å². The number of anilines is 1. The zero-order valence-corrected chi connectivity index (χ0v) is 13.1. The molecule has 0 radical (unpaired) electrons. The lowest BCUT2D eigenvalue weighted by atomic mass is 10.1. The monoisotopic (exact) mass is 302 g/mol. The molecule has 1 N–H and O–H groups in total. The Morgan fingerprint density at radius 3 is 2.73 bits per heavy atom. The SMILES string of the molecule is CC(C)CCC(=O)N1CCN(c2ncnc3nc[nH]c23)CC1. The molecular weight excluding hydrogens is 280 g/mol. The summed E-state index contributed by atoms with van der Waals surface area (Å²) in [6.07, 6.45) is 4.78. The molecule has 0 aliphatic carbocycles. The smallest absolute Gasteiger partial charge is 0.222 e. The number of fused-ring (bicyclic) bond motifs is 1. The number of hydrogen-bond acceptors (Lipinski definition) is 5. The number of hydrogen-bond donors (Lipinski definition) is 1. The van der Waals surface area contributed by atoms with Gasteiger partial charge in [-0.05, 0) is 12.3 Å². The Kier molecular flexibility index (Phi) is 4.22. The van der Waals surface area contributed by atoms with Crippen LogP contribution in [-0.4, -0.2) is 56.9 Å². The van der Waals surface area contributed by atoms with Gasteiger partial charge in [0.15, 0.2) is 11.5 Å². The quantitative estimate of drug-likeness (QED) is 0.924. The van der Waals surface area contributed by atoms with Gasteiger partial charge in [-0.1, -0.05) is 13.8 Å². The van der Waals surface area contributed by atoms with Gasteiger partial charge in [-0.3, -0.25) is 4.79 Å². The van der Waals surface area contributed by atoms with E-state index in [0.29, 0.717) is 18.0 Å². The van der Waals surface area contributed by atoms with Crippen molar-refractivity contribution in [2.24, 2.45) is 5.92 Å². The fourth-order valence-electron chi connectivity index (χ4n) is 2.73. The van der Waals surface area contributed by atoms with E-state index in [9.17, 15) is 4.79 Å². The van der Waals surface area contributed by atoms with E-state index in [-0.39, 0.29) is 5.91 Å². The van der Waals surface area contributed by atoms with Gasteiger partial charge in [0.25, 0.3) is 0 Å². The van der Waals surface area contributed by atoms with Gasteiger partial charge in [-0.2, -0.15) is 0 Å². The Bertz CT molecular complexity index is 644. The molecule has 0 bridgehead atoms. The molecular formula is C15H22N6O. The number of H-pyrrole nitrogens is 1. The van der Waals surface area contributed by atoms with Crippen LogP contribution in [0.3, 0.4) is 0 Å². The first kappa shape index (κ1) is 14.7. The van der Waals surface area contributed by atoms with Crippen LogP contribution in [-0.2, 0) is 4.79 Å². The van der Waals surface area contributed by atoms with Crippen molar-refractivity contribution in [3.05, 3.63) is 12.7 Å². The molecule has 1 fully saturated rings. The molecule has 2 aromatic heterocycles. The number of aromatic nitrogens is 4. The second kappa shape index (κ2) is 6.29. The third-order valence-corrected chi connectivity index (χ3v) is 4.07. The summed E-state index contributed by atoms with van der Waals surface area (Å²) in [5, 5.41) is 0. The van der Waals surface area contributed by atoms with Crippen molar-refractivity contribution in [1.29, 1.82) is 0 Å². The summed E-state index contributed by atoms with van der Waals surface area (Å²) in [6.45, 7) is 7.37. The molecule has 22 heavy (non-hydrogen) atoms. The topological polar surface area (TPSA) is 78.0 Å². The maximum Gasteiger partial charge on any atom is 0.222 e.